The largest absolute Gasteiger partial charge is 0.379 e. The molecule has 140 valence electrons. The van der Waals surface area contributed by atoms with Gasteiger partial charge in [-0.05, 0) is 13.0 Å². The van der Waals surface area contributed by atoms with Crippen molar-refractivity contribution < 1.29 is 9.53 Å². The Bertz CT molecular complexity index is 979. The molecule has 3 aromatic rings. The van der Waals surface area contributed by atoms with Crippen LogP contribution in [0.25, 0.3) is 22.3 Å². The van der Waals surface area contributed by atoms with Gasteiger partial charge in [0.1, 0.15) is 5.82 Å². The summed E-state index contributed by atoms with van der Waals surface area (Å²) in [6, 6.07) is 5.83. The number of carbonyl (C=O) groups is 1. The molecule has 1 aromatic carbocycles. The Morgan fingerprint density at radius 1 is 1.26 bits per heavy atom. The molecule has 3 heterocycles. The summed E-state index contributed by atoms with van der Waals surface area (Å²) >= 11 is 0. The maximum Gasteiger partial charge on any atom is 0.240 e. The first-order chi connectivity index (χ1) is 13.1. The van der Waals surface area contributed by atoms with Crippen LogP contribution in [-0.4, -0.2) is 68.4 Å². The van der Waals surface area contributed by atoms with Gasteiger partial charge in [0, 0.05) is 37.3 Å². The quantitative estimate of drug-likeness (QED) is 0.735. The molecule has 9 nitrogen and oxygen atoms in total. The van der Waals surface area contributed by atoms with E-state index >= 15 is 0 Å². The van der Waals surface area contributed by atoms with E-state index in [0.29, 0.717) is 25.7 Å². The summed E-state index contributed by atoms with van der Waals surface area (Å²) < 4.78 is 7.22. The molecule has 1 N–H and O–H groups in total. The van der Waals surface area contributed by atoms with Crippen LogP contribution < -0.4 is 5.32 Å². The van der Waals surface area contributed by atoms with Gasteiger partial charge in [-0.1, -0.05) is 12.1 Å². The van der Waals surface area contributed by atoms with Gasteiger partial charge < -0.3 is 9.30 Å². The van der Waals surface area contributed by atoms with Gasteiger partial charge in [-0.3, -0.25) is 15.0 Å². The molecule has 0 saturated carbocycles. The predicted molar refractivity (Wildman–Crippen MR) is 100 cm³/mol. The molecule has 0 bridgehead atoms. The number of nitrogens with zero attached hydrogens (tertiary/aromatic N) is 6. The van der Waals surface area contributed by atoms with Crippen LogP contribution in [-0.2, 0) is 16.6 Å². The fourth-order valence-electron chi connectivity index (χ4n) is 3.01. The number of benzene rings is 1. The minimum atomic E-state index is -0.128. The van der Waals surface area contributed by atoms with Gasteiger partial charge in [0.2, 0.25) is 11.9 Å². The number of rotatable bonds is 4. The summed E-state index contributed by atoms with van der Waals surface area (Å²) in [5.41, 5.74) is 1.65. The van der Waals surface area contributed by atoms with E-state index in [2.05, 4.69) is 25.5 Å². The number of anilines is 1. The smallest absolute Gasteiger partial charge is 0.240 e. The first-order valence-electron chi connectivity index (χ1n) is 8.83. The number of fused-ring (bicyclic) bond motifs is 1. The van der Waals surface area contributed by atoms with E-state index in [9.17, 15) is 4.79 Å². The van der Waals surface area contributed by atoms with E-state index in [-0.39, 0.29) is 5.91 Å². The van der Waals surface area contributed by atoms with Crippen molar-refractivity contribution in [2.45, 2.75) is 6.92 Å². The monoisotopic (exact) mass is 367 g/mol. The number of ether oxygens (including phenoxy) is 1. The second-order valence-electron chi connectivity index (χ2n) is 6.53. The topological polar surface area (TPSA) is 98.1 Å². The van der Waals surface area contributed by atoms with Crippen LogP contribution in [0.3, 0.4) is 0 Å². The van der Waals surface area contributed by atoms with Gasteiger partial charge in [-0.25, -0.2) is 9.97 Å². The number of hydrogen-bond donors (Lipinski definition) is 1. The number of aromatic nitrogens is 5. The molecular weight excluding hydrogens is 346 g/mol. The number of carbonyl (C=O) groups excluding carboxylic acids is 1. The maximum atomic E-state index is 12.3. The molecule has 0 radical (unpaired) electrons. The standard InChI is InChI=1S/C18H21N7O2/c1-12-22-23-17(24(12)2)13-3-4-14-10-19-18(20-15(14)9-13)21-16(26)11-25-5-7-27-8-6-25/h3-4,9-10H,5-8,11H2,1-2H3,(H,19,20,21,26). The molecule has 2 aromatic heterocycles. The minimum absolute atomic E-state index is 0.128. The van der Waals surface area contributed by atoms with Crippen molar-refractivity contribution in [2.24, 2.45) is 7.05 Å². The summed E-state index contributed by atoms with van der Waals surface area (Å²) in [5, 5.41) is 12.0. The molecule has 0 unspecified atom stereocenters. The highest BCUT2D eigenvalue weighted by molar-refractivity contribution is 5.92. The van der Waals surface area contributed by atoms with Gasteiger partial charge in [0.15, 0.2) is 5.82 Å². The zero-order valence-corrected chi connectivity index (χ0v) is 15.3. The Labute approximate surface area is 156 Å². The van der Waals surface area contributed by atoms with Crippen LogP contribution in [0.2, 0.25) is 0 Å². The van der Waals surface area contributed by atoms with E-state index in [1.807, 2.05) is 41.6 Å². The highest BCUT2D eigenvalue weighted by atomic mass is 16.5. The molecular formula is C18H21N7O2. The lowest BCUT2D eigenvalue weighted by molar-refractivity contribution is -0.118. The molecule has 4 rings (SSSR count). The van der Waals surface area contributed by atoms with Crippen molar-refractivity contribution in [2.75, 3.05) is 38.2 Å². The average Bonchev–Trinajstić information content (AvgIpc) is 3.01. The van der Waals surface area contributed by atoms with Crippen LogP contribution in [0.15, 0.2) is 24.4 Å². The van der Waals surface area contributed by atoms with Gasteiger partial charge in [-0.15, -0.1) is 10.2 Å². The van der Waals surface area contributed by atoms with Crippen LogP contribution in [0.4, 0.5) is 5.95 Å². The van der Waals surface area contributed by atoms with E-state index in [4.69, 9.17) is 4.74 Å². The average molecular weight is 367 g/mol. The van der Waals surface area contributed by atoms with Gasteiger partial charge in [-0.2, -0.15) is 0 Å². The van der Waals surface area contributed by atoms with Crippen molar-refractivity contribution in [3.05, 3.63) is 30.2 Å². The molecule has 9 heteroatoms. The minimum Gasteiger partial charge on any atom is -0.379 e. The summed E-state index contributed by atoms with van der Waals surface area (Å²) in [5.74, 6) is 1.78. The molecule has 0 aliphatic carbocycles. The highest BCUT2D eigenvalue weighted by Crippen LogP contribution is 2.22. The highest BCUT2D eigenvalue weighted by Gasteiger charge is 2.15. The molecule has 1 amide bonds. The summed E-state index contributed by atoms with van der Waals surface area (Å²) in [6.07, 6.45) is 1.71. The molecule has 1 fully saturated rings. The van der Waals surface area contributed by atoms with Gasteiger partial charge in [0.25, 0.3) is 0 Å². The lowest BCUT2D eigenvalue weighted by Gasteiger charge is -2.25. The van der Waals surface area contributed by atoms with E-state index in [0.717, 1.165) is 41.2 Å². The van der Waals surface area contributed by atoms with E-state index in [1.54, 1.807) is 6.20 Å². The lowest BCUT2D eigenvalue weighted by atomic mass is 10.1. The Balaban J connectivity index is 1.53. The number of nitrogens with one attached hydrogen (secondary N) is 1. The van der Waals surface area contributed by atoms with Crippen LogP contribution in [0, 0.1) is 6.92 Å². The fraction of sp³-hybridized carbons (Fsp3) is 0.389. The van der Waals surface area contributed by atoms with Crippen molar-refractivity contribution in [1.82, 2.24) is 29.6 Å². The summed E-state index contributed by atoms with van der Waals surface area (Å²) in [7, 11) is 1.92. The first-order valence-corrected chi connectivity index (χ1v) is 8.83. The molecule has 27 heavy (non-hydrogen) atoms. The Morgan fingerprint density at radius 2 is 2.07 bits per heavy atom. The second kappa shape index (κ2) is 7.37. The normalized spacial score (nSPS) is 15.2. The molecule has 1 saturated heterocycles. The molecule has 1 aliphatic rings. The van der Waals surface area contributed by atoms with E-state index in [1.165, 1.54) is 0 Å². The zero-order valence-electron chi connectivity index (χ0n) is 15.3. The van der Waals surface area contributed by atoms with Gasteiger partial charge >= 0.3 is 0 Å². The molecule has 0 atom stereocenters. The number of amides is 1. The fourth-order valence-corrected chi connectivity index (χ4v) is 3.01. The van der Waals surface area contributed by atoms with E-state index < -0.39 is 0 Å². The Hall–Kier alpha value is -2.91. The summed E-state index contributed by atoms with van der Waals surface area (Å²) in [4.78, 5) is 23.0. The maximum absolute atomic E-state index is 12.3. The van der Waals surface area contributed by atoms with Crippen LogP contribution >= 0.6 is 0 Å². The van der Waals surface area contributed by atoms with Crippen molar-refractivity contribution in [3.63, 3.8) is 0 Å². The van der Waals surface area contributed by atoms with Crippen molar-refractivity contribution >= 4 is 22.8 Å². The Kier molecular flexibility index (Phi) is 4.78. The first kappa shape index (κ1) is 17.5. The number of morpholine rings is 1. The number of hydrogen-bond acceptors (Lipinski definition) is 7. The zero-order chi connectivity index (χ0) is 18.8. The third kappa shape index (κ3) is 3.79. The van der Waals surface area contributed by atoms with Crippen LogP contribution in [0.5, 0.6) is 0 Å². The predicted octanol–water partition coefficient (Wildman–Crippen LogP) is 1.00. The second-order valence-corrected chi connectivity index (χ2v) is 6.53. The third-order valence-corrected chi connectivity index (χ3v) is 4.66. The van der Waals surface area contributed by atoms with Crippen molar-refractivity contribution in [3.8, 4) is 11.4 Å². The summed E-state index contributed by atoms with van der Waals surface area (Å²) in [6.45, 7) is 5.04. The molecule has 1 aliphatic heterocycles. The Morgan fingerprint density at radius 3 is 2.81 bits per heavy atom. The van der Waals surface area contributed by atoms with Gasteiger partial charge in [0.05, 0.1) is 25.3 Å². The third-order valence-electron chi connectivity index (χ3n) is 4.66. The molecule has 0 spiro atoms. The van der Waals surface area contributed by atoms with Crippen molar-refractivity contribution in [1.29, 1.82) is 0 Å². The van der Waals surface area contributed by atoms with Crippen LogP contribution in [0.1, 0.15) is 5.82 Å². The number of aryl methyl sites for hydroxylation is 1. The SMILES string of the molecule is Cc1nnc(-c2ccc3cnc(NC(=O)CN4CCOCC4)nc3c2)n1C. The lowest BCUT2D eigenvalue weighted by Crippen LogP contribution is -2.41.